The summed E-state index contributed by atoms with van der Waals surface area (Å²) in [5.74, 6) is -1.02. The third kappa shape index (κ3) is 6.89. The summed E-state index contributed by atoms with van der Waals surface area (Å²) in [5.41, 5.74) is 7.23. The summed E-state index contributed by atoms with van der Waals surface area (Å²) in [7, 11) is 0. The number of benzene rings is 2. The highest BCUT2D eigenvalue weighted by Crippen LogP contribution is 2.20. The highest BCUT2D eigenvalue weighted by molar-refractivity contribution is 6.37. The SMILES string of the molecule is NC(=O)C(=O)C(Cc1ccccc1)NC(=O)Oc1ccnc(N2CCN(Cc3ccccc3)CC2)c1. The minimum Gasteiger partial charge on any atom is -0.410 e. The third-order valence-corrected chi connectivity index (χ3v) is 6.01. The number of ketones is 1. The van der Waals surface area contributed by atoms with Gasteiger partial charge in [0.25, 0.3) is 5.91 Å². The van der Waals surface area contributed by atoms with E-state index in [1.165, 1.54) is 5.56 Å². The molecule has 186 valence electrons. The lowest BCUT2D eigenvalue weighted by atomic mass is 10.0. The van der Waals surface area contributed by atoms with Crippen LogP contribution in [-0.4, -0.2) is 59.9 Å². The van der Waals surface area contributed by atoms with Crippen LogP contribution >= 0.6 is 0 Å². The molecule has 0 bridgehead atoms. The zero-order chi connectivity index (χ0) is 25.3. The van der Waals surface area contributed by atoms with Gasteiger partial charge in [-0.25, -0.2) is 9.78 Å². The molecule has 2 heterocycles. The number of piperazine rings is 1. The molecule has 0 aliphatic carbocycles. The number of nitrogens with one attached hydrogen (secondary N) is 1. The van der Waals surface area contributed by atoms with Gasteiger partial charge < -0.3 is 20.7 Å². The Morgan fingerprint density at radius 2 is 1.56 bits per heavy atom. The van der Waals surface area contributed by atoms with Crippen LogP contribution < -0.4 is 20.7 Å². The number of carbonyl (C=O) groups is 3. The normalized spacial score (nSPS) is 14.6. The van der Waals surface area contributed by atoms with E-state index in [-0.39, 0.29) is 12.2 Å². The number of primary amides is 1. The summed E-state index contributed by atoms with van der Waals surface area (Å²) in [6.45, 7) is 4.26. The number of pyridine rings is 1. The van der Waals surface area contributed by atoms with Gasteiger partial charge >= 0.3 is 6.09 Å². The van der Waals surface area contributed by atoms with Gasteiger partial charge in [0.05, 0.1) is 0 Å². The van der Waals surface area contributed by atoms with Crippen LogP contribution in [0.3, 0.4) is 0 Å². The molecule has 1 saturated heterocycles. The van der Waals surface area contributed by atoms with E-state index in [0.717, 1.165) is 38.3 Å². The number of nitrogens with zero attached hydrogens (tertiary/aromatic N) is 3. The van der Waals surface area contributed by atoms with E-state index in [2.05, 4.69) is 32.2 Å². The lowest BCUT2D eigenvalue weighted by molar-refractivity contribution is -0.137. The molecule has 36 heavy (non-hydrogen) atoms. The maximum atomic E-state index is 12.6. The summed E-state index contributed by atoms with van der Waals surface area (Å²) in [6, 6.07) is 21.5. The van der Waals surface area contributed by atoms with Crippen LogP contribution in [0.2, 0.25) is 0 Å². The third-order valence-electron chi connectivity index (χ3n) is 6.01. The number of nitrogens with two attached hydrogens (primary N) is 1. The topological polar surface area (TPSA) is 118 Å². The molecule has 0 radical (unpaired) electrons. The second kappa shape index (κ2) is 11.9. The molecule has 1 aromatic heterocycles. The van der Waals surface area contributed by atoms with Crippen LogP contribution in [0.25, 0.3) is 0 Å². The van der Waals surface area contributed by atoms with Gasteiger partial charge in [0.15, 0.2) is 0 Å². The van der Waals surface area contributed by atoms with Crippen LogP contribution in [0.5, 0.6) is 5.75 Å². The quantitative estimate of drug-likeness (QED) is 0.444. The molecular weight excluding hydrogens is 458 g/mol. The van der Waals surface area contributed by atoms with Crippen molar-refractivity contribution in [3.05, 3.63) is 90.1 Å². The van der Waals surface area contributed by atoms with Crippen molar-refractivity contribution in [1.82, 2.24) is 15.2 Å². The molecule has 1 unspecified atom stereocenters. The Labute approximate surface area is 209 Å². The Hall–Kier alpha value is -4.24. The zero-order valence-corrected chi connectivity index (χ0v) is 19.9. The van der Waals surface area contributed by atoms with Crippen LogP contribution in [0.15, 0.2) is 79.0 Å². The lowest BCUT2D eigenvalue weighted by Gasteiger charge is -2.35. The Kier molecular flexibility index (Phi) is 8.25. The van der Waals surface area contributed by atoms with Crippen molar-refractivity contribution in [2.75, 3.05) is 31.1 Å². The first-order chi connectivity index (χ1) is 17.5. The van der Waals surface area contributed by atoms with E-state index in [9.17, 15) is 14.4 Å². The van der Waals surface area contributed by atoms with Gasteiger partial charge in [0, 0.05) is 51.4 Å². The Morgan fingerprint density at radius 1 is 0.917 bits per heavy atom. The van der Waals surface area contributed by atoms with E-state index < -0.39 is 23.8 Å². The predicted octanol–water partition coefficient (Wildman–Crippen LogP) is 2.16. The fourth-order valence-electron chi connectivity index (χ4n) is 4.12. The number of aromatic nitrogens is 1. The molecule has 1 aliphatic heterocycles. The van der Waals surface area contributed by atoms with Gasteiger partial charge in [-0.1, -0.05) is 60.7 Å². The first-order valence-electron chi connectivity index (χ1n) is 11.8. The fraction of sp³-hybridized carbons (Fsp3) is 0.259. The van der Waals surface area contributed by atoms with Gasteiger partial charge in [0.2, 0.25) is 5.78 Å². The number of hydrogen-bond donors (Lipinski definition) is 2. The van der Waals surface area contributed by atoms with E-state index in [0.29, 0.717) is 5.82 Å². The lowest BCUT2D eigenvalue weighted by Crippen LogP contribution is -2.48. The molecule has 1 aliphatic rings. The van der Waals surface area contributed by atoms with Gasteiger partial charge in [-0.2, -0.15) is 0 Å². The average molecular weight is 488 g/mol. The number of anilines is 1. The largest absolute Gasteiger partial charge is 0.413 e. The summed E-state index contributed by atoms with van der Waals surface area (Å²) in [5, 5.41) is 2.47. The summed E-state index contributed by atoms with van der Waals surface area (Å²) < 4.78 is 5.41. The molecule has 1 fully saturated rings. The van der Waals surface area contributed by atoms with Gasteiger partial charge in [-0.15, -0.1) is 0 Å². The molecule has 0 saturated carbocycles. The molecular formula is C27H29N5O4. The first kappa shape index (κ1) is 24.9. The van der Waals surface area contributed by atoms with Crippen molar-refractivity contribution in [2.24, 2.45) is 5.73 Å². The number of ether oxygens (including phenoxy) is 1. The number of rotatable bonds is 9. The highest BCUT2D eigenvalue weighted by Gasteiger charge is 2.26. The van der Waals surface area contributed by atoms with Gasteiger partial charge in [-0.05, 0) is 17.2 Å². The Bertz CT molecular complexity index is 1180. The molecule has 0 spiro atoms. The average Bonchev–Trinajstić information content (AvgIpc) is 2.89. The molecule has 3 aromatic rings. The molecule has 4 rings (SSSR count). The van der Waals surface area contributed by atoms with Crippen molar-refractivity contribution in [2.45, 2.75) is 19.0 Å². The van der Waals surface area contributed by atoms with E-state index in [1.807, 2.05) is 24.3 Å². The number of hydrogen-bond acceptors (Lipinski definition) is 7. The highest BCUT2D eigenvalue weighted by atomic mass is 16.6. The molecule has 9 heteroatoms. The van der Waals surface area contributed by atoms with E-state index in [4.69, 9.17) is 10.5 Å². The maximum absolute atomic E-state index is 12.6. The van der Waals surface area contributed by atoms with Gasteiger partial charge in [0.1, 0.15) is 17.6 Å². The van der Waals surface area contributed by atoms with E-state index in [1.54, 1.807) is 42.6 Å². The predicted molar refractivity (Wildman–Crippen MR) is 135 cm³/mol. The second-order valence-electron chi connectivity index (χ2n) is 8.60. The van der Waals surface area contributed by atoms with Crippen molar-refractivity contribution in [3.8, 4) is 5.75 Å². The summed E-state index contributed by atoms with van der Waals surface area (Å²) in [4.78, 5) is 45.3. The van der Waals surface area contributed by atoms with Crippen LogP contribution in [0.1, 0.15) is 11.1 Å². The number of amides is 2. The fourth-order valence-corrected chi connectivity index (χ4v) is 4.12. The van der Waals surface area contributed by atoms with Crippen molar-refractivity contribution < 1.29 is 19.1 Å². The smallest absolute Gasteiger partial charge is 0.410 e. The zero-order valence-electron chi connectivity index (χ0n) is 19.9. The minimum absolute atomic E-state index is 0.118. The van der Waals surface area contributed by atoms with Gasteiger partial charge in [-0.3, -0.25) is 14.5 Å². The molecule has 3 N–H and O–H groups in total. The van der Waals surface area contributed by atoms with Crippen molar-refractivity contribution in [3.63, 3.8) is 0 Å². The van der Waals surface area contributed by atoms with Crippen molar-refractivity contribution >= 4 is 23.6 Å². The Morgan fingerprint density at radius 3 is 2.19 bits per heavy atom. The number of Topliss-reactive ketones (excluding diaryl/α,β-unsaturated/α-hetero) is 1. The minimum atomic E-state index is -1.13. The maximum Gasteiger partial charge on any atom is 0.413 e. The molecule has 1 atom stereocenters. The van der Waals surface area contributed by atoms with E-state index >= 15 is 0 Å². The first-order valence-corrected chi connectivity index (χ1v) is 11.8. The summed E-state index contributed by atoms with van der Waals surface area (Å²) >= 11 is 0. The van der Waals surface area contributed by atoms with Crippen LogP contribution in [0, 0.1) is 0 Å². The molecule has 9 nitrogen and oxygen atoms in total. The van der Waals surface area contributed by atoms with Crippen molar-refractivity contribution in [1.29, 1.82) is 0 Å². The summed E-state index contributed by atoms with van der Waals surface area (Å²) in [6.07, 6.45) is 0.840. The molecule has 2 aromatic carbocycles. The molecule has 2 amide bonds. The monoisotopic (exact) mass is 487 g/mol. The van der Waals surface area contributed by atoms with Crippen LogP contribution in [0.4, 0.5) is 10.6 Å². The standard InChI is InChI=1S/C27H29N5O4/c28-26(34)25(33)23(17-20-7-3-1-4-8-20)30-27(35)36-22-11-12-29-24(18-22)32-15-13-31(14-16-32)19-21-9-5-2-6-10-21/h1-12,18,23H,13-17,19H2,(H2,28,34)(H,30,35). The second-order valence-corrected chi connectivity index (χ2v) is 8.60. The van der Waals surface area contributed by atoms with Crippen LogP contribution in [-0.2, 0) is 22.6 Å². The Balaban J connectivity index is 1.34. The number of carbonyl (C=O) groups excluding carboxylic acids is 3.